The van der Waals surface area contributed by atoms with Gasteiger partial charge in [0.05, 0.1) is 42.4 Å². The van der Waals surface area contributed by atoms with Crippen molar-refractivity contribution in [3.05, 3.63) is 71.1 Å². The zero-order valence-corrected chi connectivity index (χ0v) is 19.2. The standard InChI is InChI=1S/C26H26F2N4O2/c1-31(2)26(33)18-12-21-25(30-22(15-29-21)16-5-8-34-9-6-16)24(13-18)32-7-3-4-23(32)17-10-19(27)14-20(28)11-17/h5,10-15,23H,3-4,6-9H2,1-2H3/t23-/m1/s1. The van der Waals surface area contributed by atoms with Crippen molar-refractivity contribution in [1.82, 2.24) is 14.9 Å². The fourth-order valence-corrected chi connectivity index (χ4v) is 4.78. The summed E-state index contributed by atoms with van der Waals surface area (Å²) in [5.74, 6) is -1.35. The Morgan fingerprint density at radius 2 is 1.94 bits per heavy atom. The van der Waals surface area contributed by atoms with Gasteiger partial charge in [-0.2, -0.15) is 0 Å². The Bertz CT molecular complexity index is 1270. The van der Waals surface area contributed by atoms with Crippen molar-refractivity contribution in [1.29, 1.82) is 0 Å². The van der Waals surface area contributed by atoms with Gasteiger partial charge in [-0.3, -0.25) is 9.78 Å². The second-order valence-electron chi connectivity index (χ2n) is 8.93. The highest BCUT2D eigenvalue weighted by atomic mass is 19.1. The Kier molecular flexibility index (Phi) is 6.00. The summed E-state index contributed by atoms with van der Waals surface area (Å²) in [6.45, 7) is 1.85. The summed E-state index contributed by atoms with van der Waals surface area (Å²) in [7, 11) is 3.40. The quantitative estimate of drug-likeness (QED) is 0.558. The molecule has 3 aromatic rings. The monoisotopic (exact) mass is 464 g/mol. The minimum atomic E-state index is -0.600. The van der Waals surface area contributed by atoms with E-state index in [1.54, 1.807) is 26.4 Å². The van der Waals surface area contributed by atoms with Crippen LogP contribution < -0.4 is 4.90 Å². The van der Waals surface area contributed by atoms with Gasteiger partial charge in [-0.05, 0) is 54.7 Å². The van der Waals surface area contributed by atoms with E-state index < -0.39 is 11.6 Å². The van der Waals surface area contributed by atoms with E-state index in [-0.39, 0.29) is 11.9 Å². The predicted molar refractivity (Wildman–Crippen MR) is 127 cm³/mol. The van der Waals surface area contributed by atoms with Crippen LogP contribution in [0.1, 0.15) is 46.9 Å². The third kappa shape index (κ3) is 4.25. The fraction of sp³-hybridized carbons (Fsp3) is 0.346. The van der Waals surface area contributed by atoms with Crippen LogP contribution in [0.25, 0.3) is 16.6 Å². The normalized spacial score (nSPS) is 18.3. The summed E-state index contributed by atoms with van der Waals surface area (Å²) >= 11 is 0. The summed E-state index contributed by atoms with van der Waals surface area (Å²) in [4.78, 5) is 26.1. The lowest BCUT2D eigenvalue weighted by Crippen LogP contribution is -2.25. The fourth-order valence-electron chi connectivity index (χ4n) is 4.78. The molecular weight excluding hydrogens is 438 g/mol. The largest absolute Gasteiger partial charge is 0.377 e. The predicted octanol–water partition coefficient (Wildman–Crippen LogP) is 4.76. The number of hydrogen-bond acceptors (Lipinski definition) is 5. The number of benzene rings is 2. The second kappa shape index (κ2) is 9.10. The van der Waals surface area contributed by atoms with Crippen molar-refractivity contribution >= 4 is 28.2 Å². The molecule has 0 aliphatic carbocycles. The average Bonchev–Trinajstić information content (AvgIpc) is 3.32. The molecule has 6 nitrogen and oxygen atoms in total. The van der Waals surface area contributed by atoms with E-state index in [1.165, 1.54) is 17.0 Å². The lowest BCUT2D eigenvalue weighted by atomic mass is 10.0. The van der Waals surface area contributed by atoms with Gasteiger partial charge in [-0.25, -0.2) is 13.8 Å². The molecule has 1 atom stereocenters. The highest BCUT2D eigenvalue weighted by Crippen LogP contribution is 2.40. The van der Waals surface area contributed by atoms with Gasteiger partial charge < -0.3 is 14.5 Å². The minimum Gasteiger partial charge on any atom is -0.377 e. The molecule has 0 spiro atoms. The van der Waals surface area contributed by atoms with Crippen LogP contribution in [0.2, 0.25) is 0 Å². The molecule has 0 bridgehead atoms. The zero-order chi connectivity index (χ0) is 23.8. The molecule has 1 saturated heterocycles. The van der Waals surface area contributed by atoms with Crippen molar-refractivity contribution in [2.24, 2.45) is 0 Å². The van der Waals surface area contributed by atoms with Gasteiger partial charge in [0.15, 0.2) is 0 Å². The summed E-state index contributed by atoms with van der Waals surface area (Å²) in [6, 6.07) is 7.00. The van der Waals surface area contributed by atoms with E-state index in [1.807, 2.05) is 12.1 Å². The van der Waals surface area contributed by atoms with E-state index in [0.717, 1.165) is 42.3 Å². The Morgan fingerprint density at radius 1 is 1.15 bits per heavy atom. The molecule has 1 amide bonds. The summed E-state index contributed by atoms with van der Waals surface area (Å²) in [6.07, 6.45) is 6.09. The van der Waals surface area contributed by atoms with E-state index >= 15 is 0 Å². The molecule has 3 heterocycles. The molecule has 8 heteroatoms. The summed E-state index contributed by atoms with van der Waals surface area (Å²) < 4.78 is 33.5. The van der Waals surface area contributed by atoms with Gasteiger partial charge in [0.25, 0.3) is 5.91 Å². The van der Waals surface area contributed by atoms with E-state index in [9.17, 15) is 13.6 Å². The van der Waals surface area contributed by atoms with E-state index in [4.69, 9.17) is 9.72 Å². The first-order chi connectivity index (χ1) is 16.4. The van der Waals surface area contributed by atoms with Gasteiger partial charge in [0.1, 0.15) is 17.2 Å². The lowest BCUT2D eigenvalue weighted by molar-refractivity contribution is 0.0827. The van der Waals surface area contributed by atoms with Gasteiger partial charge in [-0.1, -0.05) is 6.08 Å². The number of fused-ring (bicyclic) bond motifs is 1. The molecule has 1 fully saturated rings. The highest BCUT2D eigenvalue weighted by molar-refractivity contribution is 6.01. The van der Waals surface area contributed by atoms with Crippen LogP contribution in [0.4, 0.5) is 14.5 Å². The van der Waals surface area contributed by atoms with Crippen molar-refractivity contribution in [2.75, 3.05) is 38.8 Å². The van der Waals surface area contributed by atoms with Crippen LogP contribution in [-0.4, -0.2) is 54.6 Å². The second-order valence-corrected chi connectivity index (χ2v) is 8.93. The van der Waals surface area contributed by atoms with Crippen molar-refractivity contribution in [2.45, 2.75) is 25.3 Å². The number of rotatable bonds is 4. The van der Waals surface area contributed by atoms with Crippen LogP contribution in [-0.2, 0) is 4.74 Å². The van der Waals surface area contributed by atoms with E-state index in [2.05, 4.69) is 9.88 Å². The first-order valence-corrected chi connectivity index (χ1v) is 11.4. The number of carbonyl (C=O) groups is 1. The van der Waals surface area contributed by atoms with E-state index in [0.29, 0.717) is 41.9 Å². The van der Waals surface area contributed by atoms with Crippen LogP contribution in [0.15, 0.2) is 42.6 Å². The number of anilines is 1. The van der Waals surface area contributed by atoms with Crippen molar-refractivity contribution in [3.63, 3.8) is 0 Å². The van der Waals surface area contributed by atoms with Crippen LogP contribution >= 0.6 is 0 Å². The molecule has 5 rings (SSSR count). The first-order valence-electron chi connectivity index (χ1n) is 11.4. The number of halogens is 2. The molecule has 2 aromatic carbocycles. The number of amides is 1. The summed E-state index contributed by atoms with van der Waals surface area (Å²) in [5.41, 5.74) is 4.94. The van der Waals surface area contributed by atoms with Crippen LogP contribution in [0.5, 0.6) is 0 Å². The van der Waals surface area contributed by atoms with Crippen molar-refractivity contribution in [3.8, 4) is 0 Å². The molecule has 0 saturated carbocycles. The third-order valence-electron chi connectivity index (χ3n) is 6.41. The lowest BCUT2D eigenvalue weighted by Gasteiger charge is -2.29. The maximum atomic E-state index is 14.0. The molecule has 0 N–H and O–H groups in total. The van der Waals surface area contributed by atoms with Crippen LogP contribution in [0.3, 0.4) is 0 Å². The molecule has 176 valence electrons. The smallest absolute Gasteiger partial charge is 0.253 e. The Balaban J connectivity index is 1.67. The Hall–Kier alpha value is -3.39. The van der Waals surface area contributed by atoms with Gasteiger partial charge in [0.2, 0.25) is 0 Å². The van der Waals surface area contributed by atoms with Gasteiger partial charge in [0, 0.05) is 32.3 Å². The van der Waals surface area contributed by atoms with Gasteiger partial charge >= 0.3 is 0 Å². The summed E-state index contributed by atoms with van der Waals surface area (Å²) in [5, 5.41) is 0. The number of hydrogen-bond donors (Lipinski definition) is 0. The number of aromatic nitrogens is 2. The maximum Gasteiger partial charge on any atom is 0.253 e. The highest BCUT2D eigenvalue weighted by Gasteiger charge is 2.30. The molecule has 34 heavy (non-hydrogen) atoms. The minimum absolute atomic E-state index is 0.145. The first kappa shape index (κ1) is 22.4. The molecule has 2 aliphatic rings. The SMILES string of the molecule is CN(C)C(=O)c1cc(N2CCC[C@@H]2c2cc(F)cc(F)c2)c2nc(C3=CCOCC3)cnc2c1. The van der Waals surface area contributed by atoms with Gasteiger partial charge in [-0.15, -0.1) is 0 Å². The number of ether oxygens (including phenoxy) is 1. The number of carbonyl (C=O) groups excluding carboxylic acids is 1. The maximum absolute atomic E-state index is 14.0. The Labute approximate surface area is 196 Å². The molecule has 1 aromatic heterocycles. The Morgan fingerprint density at radius 3 is 2.65 bits per heavy atom. The van der Waals surface area contributed by atoms with Crippen LogP contribution in [0, 0.1) is 11.6 Å². The molecular formula is C26H26F2N4O2. The zero-order valence-electron chi connectivity index (χ0n) is 19.2. The number of nitrogens with zero attached hydrogens (tertiary/aromatic N) is 4. The molecule has 2 aliphatic heterocycles. The molecule has 0 radical (unpaired) electrons. The van der Waals surface area contributed by atoms with Crippen molar-refractivity contribution < 1.29 is 18.3 Å². The topological polar surface area (TPSA) is 58.6 Å². The third-order valence-corrected chi connectivity index (χ3v) is 6.41. The molecule has 0 unspecified atom stereocenters. The average molecular weight is 465 g/mol.